The van der Waals surface area contributed by atoms with E-state index in [4.69, 9.17) is 9.15 Å². The van der Waals surface area contributed by atoms with Gasteiger partial charge in [-0.05, 0) is 49.7 Å². The highest BCUT2D eigenvalue weighted by atomic mass is 16.5. The molecule has 1 aromatic heterocycles. The number of rotatable bonds is 7. The Kier molecular flexibility index (Phi) is 6.08. The van der Waals surface area contributed by atoms with E-state index in [1.807, 2.05) is 86.6 Å². The highest BCUT2D eigenvalue weighted by Crippen LogP contribution is 2.32. The van der Waals surface area contributed by atoms with E-state index in [0.29, 0.717) is 29.5 Å². The van der Waals surface area contributed by atoms with Crippen LogP contribution in [-0.2, 0) is 4.79 Å². The third-order valence-corrected chi connectivity index (χ3v) is 4.81. The summed E-state index contributed by atoms with van der Waals surface area (Å²) < 4.78 is 12.0. The summed E-state index contributed by atoms with van der Waals surface area (Å²) in [5, 5.41) is 11.2. The molecule has 0 fully saturated rings. The van der Waals surface area contributed by atoms with Gasteiger partial charge in [-0.25, -0.2) is 0 Å². The van der Waals surface area contributed by atoms with Gasteiger partial charge in [0.25, 0.3) is 11.8 Å². The Morgan fingerprint density at radius 3 is 2.35 bits per heavy atom. The lowest BCUT2D eigenvalue weighted by Gasteiger charge is -2.18. The molecule has 6 heteroatoms. The van der Waals surface area contributed by atoms with Crippen LogP contribution in [0.15, 0.2) is 83.3 Å². The minimum absolute atomic E-state index is 0.211. The summed E-state index contributed by atoms with van der Waals surface area (Å²) in [6.07, 6.45) is -0.163. The molecule has 0 unspecified atom stereocenters. The van der Waals surface area contributed by atoms with Crippen molar-refractivity contribution in [2.45, 2.75) is 26.4 Å². The molecule has 0 saturated heterocycles. The predicted molar refractivity (Wildman–Crippen MR) is 120 cm³/mol. The molecule has 0 radical (unpaired) electrons. The number of nitrogens with one attached hydrogen (secondary N) is 1. The average molecular weight is 413 g/mol. The number of aryl methyl sites for hydroxylation is 1. The first-order chi connectivity index (χ1) is 15.1. The molecule has 31 heavy (non-hydrogen) atoms. The van der Waals surface area contributed by atoms with Crippen LogP contribution in [0.3, 0.4) is 0 Å². The summed E-state index contributed by atoms with van der Waals surface area (Å²) in [6, 6.07) is 24.5. The Morgan fingerprint density at radius 1 is 0.935 bits per heavy atom. The summed E-state index contributed by atoms with van der Waals surface area (Å²) in [5.74, 6) is 1.06. The predicted octanol–water partition coefficient (Wildman–Crippen LogP) is 5.51. The van der Waals surface area contributed by atoms with Crippen molar-refractivity contribution in [3.63, 3.8) is 0 Å². The summed E-state index contributed by atoms with van der Waals surface area (Å²) in [5.41, 5.74) is 3.34. The molecular weight excluding hydrogens is 390 g/mol. The van der Waals surface area contributed by atoms with Crippen LogP contribution in [0.5, 0.6) is 5.75 Å². The van der Waals surface area contributed by atoms with E-state index in [1.54, 1.807) is 6.07 Å². The number of amides is 1. The second kappa shape index (κ2) is 9.26. The zero-order valence-electron chi connectivity index (χ0n) is 17.4. The number of hydrogen-bond acceptors (Lipinski definition) is 5. The number of carbonyl (C=O) groups excluding carboxylic acids is 1. The Balaban J connectivity index is 1.54. The number of aromatic nitrogens is 2. The summed E-state index contributed by atoms with van der Waals surface area (Å²) >= 11 is 0. The van der Waals surface area contributed by atoms with Gasteiger partial charge in [0.1, 0.15) is 5.75 Å². The maximum Gasteiger partial charge on any atom is 0.265 e. The third kappa shape index (κ3) is 4.80. The van der Waals surface area contributed by atoms with E-state index in [-0.39, 0.29) is 5.91 Å². The van der Waals surface area contributed by atoms with Gasteiger partial charge in [0.15, 0.2) is 6.10 Å². The second-order valence-electron chi connectivity index (χ2n) is 7.14. The Morgan fingerprint density at radius 2 is 1.61 bits per heavy atom. The number of benzene rings is 3. The molecule has 4 aromatic rings. The lowest BCUT2D eigenvalue weighted by molar-refractivity contribution is -0.122. The number of ether oxygens (including phenoxy) is 1. The van der Waals surface area contributed by atoms with Crippen LogP contribution in [0.4, 0.5) is 5.69 Å². The molecule has 3 aromatic carbocycles. The maximum atomic E-state index is 12.8. The third-order valence-electron chi connectivity index (χ3n) is 4.81. The van der Waals surface area contributed by atoms with Crippen molar-refractivity contribution in [2.24, 2.45) is 0 Å². The molecule has 6 nitrogen and oxygen atoms in total. The molecular formula is C25H23N3O3. The van der Waals surface area contributed by atoms with Crippen LogP contribution in [0.2, 0.25) is 0 Å². The molecule has 0 spiro atoms. The van der Waals surface area contributed by atoms with E-state index in [0.717, 1.165) is 16.8 Å². The van der Waals surface area contributed by atoms with Crippen LogP contribution in [0.1, 0.15) is 18.9 Å². The Bertz CT molecular complexity index is 1150. The van der Waals surface area contributed by atoms with Crippen LogP contribution >= 0.6 is 0 Å². The SMILES string of the molecule is CC[C@@H](Oc1ccccc1-c1nnc(-c2ccccc2)o1)C(=O)Nc1ccc(C)cc1. The second-order valence-corrected chi connectivity index (χ2v) is 7.14. The van der Waals surface area contributed by atoms with Gasteiger partial charge in [-0.15, -0.1) is 10.2 Å². The van der Waals surface area contributed by atoms with E-state index in [9.17, 15) is 4.79 Å². The van der Waals surface area contributed by atoms with Crippen molar-refractivity contribution in [1.29, 1.82) is 0 Å². The fourth-order valence-corrected chi connectivity index (χ4v) is 3.11. The molecule has 4 rings (SSSR count). The highest BCUT2D eigenvalue weighted by molar-refractivity contribution is 5.94. The van der Waals surface area contributed by atoms with Gasteiger partial charge >= 0.3 is 0 Å². The average Bonchev–Trinajstić information content (AvgIpc) is 3.30. The molecule has 0 saturated carbocycles. The van der Waals surface area contributed by atoms with Gasteiger partial charge in [0.2, 0.25) is 5.89 Å². The fourth-order valence-electron chi connectivity index (χ4n) is 3.11. The van der Waals surface area contributed by atoms with Crippen molar-refractivity contribution < 1.29 is 13.9 Å². The topological polar surface area (TPSA) is 77.2 Å². The first-order valence-corrected chi connectivity index (χ1v) is 10.2. The summed E-state index contributed by atoms with van der Waals surface area (Å²) in [4.78, 5) is 12.8. The fraction of sp³-hybridized carbons (Fsp3) is 0.160. The van der Waals surface area contributed by atoms with E-state index >= 15 is 0 Å². The van der Waals surface area contributed by atoms with Gasteiger partial charge in [0.05, 0.1) is 5.56 Å². The zero-order valence-corrected chi connectivity index (χ0v) is 17.4. The number of nitrogens with zero attached hydrogens (tertiary/aromatic N) is 2. The minimum Gasteiger partial charge on any atom is -0.480 e. The van der Waals surface area contributed by atoms with E-state index in [1.165, 1.54) is 0 Å². The monoisotopic (exact) mass is 413 g/mol. The normalized spacial score (nSPS) is 11.7. The quantitative estimate of drug-likeness (QED) is 0.432. The van der Waals surface area contributed by atoms with Crippen molar-refractivity contribution >= 4 is 11.6 Å². The van der Waals surface area contributed by atoms with Crippen LogP contribution in [0.25, 0.3) is 22.9 Å². The number of para-hydroxylation sites is 1. The molecule has 1 amide bonds. The van der Waals surface area contributed by atoms with Crippen molar-refractivity contribution in [2.75, 3.05) is 5.32 Å². The van der Waals surface area contributed by atoms with Gasteiger partial charge in [0, 0.05) is 11.3 Å². The zero-order chi connectivity index (χ0) is 21.6. The minimum atomic E-state index is -0.668. The molecule has 1 heterocycles. The van der Waals surface area contributed by atoms with Crippen LogP contribution < -0.4 is 10.1 Å². The standard InChI is InChI=1S/C25H23N3O3/c1-3-21(23(29)26-19-15-13-17(2)14-16-19)30-22-12-8-7-11-20(22)25-28-27-24(31-25)18-9-5-4-6-10-18/h4-16,21H,3H2,1-2H3,(H,26,29)/t21-/m1/s1. The Labute approximate surface area is 180 Å². The summed E-state index contributed by atoms with van der Waals surface area (Å²) in [7, 11) is 0. The molecule has 0 bridgehead atoms. The van der Waals surface area contributed by atoms with Crippen molar-refractivity contribution in [3.05, 3.63) is 84.4 Å². The van der Waals surface area contributed by atoms with E-state index < -0.39 is 6.10 Å². The van der Waals surface area contributed by atoms with Gasteiger partial charge in [-0.1, -0.05) is 55.0 Å². The smallest absolute Gasteiger partial charge is 0.265 e. The van der Waals surface area contributed by atoms with Gasteiger partial charge < -0.3 is 14.5 Å². The highest BCUT2D eigenvalue weighted by Gasteiger charge is 2.22. The molecule has 1 N–H and O–H groups in total. The number of carbonyl (C=O) groups is 1. The van der Waals surface area contributed by atoms with Gasteiger partial charge in [-0.3, -0.25) is 4.79 Å². The van der Waals surface area contributed by atoms with Crippen LogP contribution in [0, 0.1) is 6.92 Å². The summed E-state index contributed by atoms with van der Waals surface area (Å²) in [6.45, 7) is 3.91. The Hall–Kier alpha value is -3.93. The van der Waals surface area contributed by atoms with E-state index in [2.05, 4.69) is 15.5 Å². The molecule has 0 aliphatic heterocycles. The molecule has 1 atom stereocenters. The van der Waals surface area contributed by atoms with Crippen LogP contribution in [-0.4, -0.2) is 22.2 Å². The largest absolute Gasteiger partial charge is 0.480 e. The maximum absolute atomic E-state index is 12.8. The molecule has 0 aliphatic carbocycles. The molecule has 156 valence electrons. The van der Waals surface area contributed by atoms with Crippen molar-refractivity contribution in [1.82, 2.24) is 10.2 Å². The van der Waals surface area contributed by atoms with Crippen molar-refractivity contribution in [3.8, 4) is 28.7 Å². The number of anilines is 1. The number of hydrogen-bond donors (Lipinski definition) is 1. The molecule has 0 aliphatic rings. The van der Waals surface area contributed by atoms with Gasteiger partial charge in [-0.2, -0.15) is 0 Å². The first kappa shape index (κ1) is 20.3. The first-order valence-electron chi connectivity index (χ1n) is 10.2. The lowest BCUT2D eigenvalue weighted by Crippen LogP contribution is -2.32. The lowest BCUT2D eigenvalue weighted by atomic mass is 10.2.